The Hall–Kier alpha value is -1.76. The summed E-state index contributed by atoms with van der Waals surface area (Å²) in [6.07, 6.45) is 8.85. The second kappa shape index (κ2) is 29.2. The first-order chi connectivity index (χ1) is 28.6. The van der Waals surface area contributed by atoms with Crippen LogP contribution in [-0.2, 0) is 28.7 Å². The number of aliphatic hydroxyl groups is 6. The molecule has 4 aliphatic carbocycles. The zero-order chi connectivity index (χ0) is 45.8. The number of hydrogen-bond donors (Lipinski definition) is 7. The fraction of sp³-hybridized carbons (Fsp3) is 0.755. The van der Waals surface area contributed by atoms with Crippen LogP contribution in [0.5, 0.6) is 0 Å². The molecule has 0 radical (unpaired) electrons. The summed E-state index contributed by atoms with van der Waals surface area (Å²) >= 11 is 0. The number of carboxylic acids is 2. The first-order valence-electron chi connectivity index (χ1n) is 22.3. The Bertz CT molecular complexity index is 1590. The molecule has 0 aliphatic heterocycles. The van der Waals surface area contributed by atoms with Gasteiger partial charge in [0.25, 0.3) is 0 Å². The van der Waals surface area contributed by atoms with E-state index < -0.39 is 79.0 Å². The SMILES string of the molecule is C.C.CCC(C)(C)C(=O)O[C@H]1C[C@@H](O)C=C2C=C[C@H](C)[C@H](CC[C@@H](O)C[C@@H](O)CC(=O)O)[C@H]21.CC[C@H](C)C(=O)O[C@H]1C[C@@H](O)C=C2C=C[C@H](C)[C@H](CC[C@@H](O)C[C@@H](O)CC(=O)[O-])[C@H]21.[K+]. The Kier molecular flexibility index (Phi) is 28.4. The number of aliphatic carboxylic acids is 2. The second-order valence-corrected chi connectivity index (χ2v) is 18.6. The molecular weight excluding hydrogens is 852 g/mol. The molecule has 15 heteroatoms. The van der Waals surface area contributed by atoms with E-state index in [1.807, 2.05) is 58.9 Å². The van der Waals surface area contributed by atoms with Crippen molar-refractivity contribution >= 4 is 23.9 Å². The third-order valence-electron chi connectivity index (χ3n) is 13.3. The number of rotatable bonds is 20. The summed E-state index contributed by atoms with van der Waals surface area (Å²) in [5, 5.41) is 80.0. The summed E-state index contributed by atoms with van der Waals surface area (Å²) in [5.74, 6) is -2.76. The van der Waals surface area contributed by atoms with Crippen molar-refractivity contribution in [1.29, 1.82) is 0 Å². The first kappa shape index (κ1) is 62.2. The molecule has 0 spiro atoms. The van der Waals surface area contributed by atoms with Gasteiger partial charge < -0.3 is 55.1 Å². The van der Waals surface area contributed by atoms with Crippen molar-refractivity contribution in [2.45, 2.75) is 189 Å². The predicted octanol–water partition coefficient (Wildman–Crippen LogP) is 2.21. The quantitative estimate of drug-likeness (QED) is 0.0684. The van der Waals surface area contributed by atoms with Crippen LogP contribution in [0.25, 0.3) is 0 Å². The number of carbonyl (C=O) groups is 4. The van der Waals surface area contributed by atoms with Crippen LogP contribution in [0, 0.1) is 46.8 Å². The Morgan fingerprint density at radius 2 is 1.17 bits per heavy atom. The number of carboxylic acid groups (broad SMARTS) is 2. The van der Waals surface area contributed by atoms with Crippen molar-refractivity contribution in [3.05, 3.63) is 47.6 Å². The molecular formula is C49H81KO14. The fourth-order valence-corrected chi connectivity index (χ4v) is 9.04. The predicted molar refractivity (Wildman–Crippen MR) is 238 cm³/mol. The van der Waals surface area contributed by atoms with Gasteiger partial charge in [-0.15, -0.1) is 0 Å². The Balaban J connectivity index is 0.00000119. The van der Waals surface area contributed by atoms with Crippen LogP contribution >= 0.6 is 0 Å². The minimum atomic E-state index is -1.35. The Morgan fingerprint density at radius 1 is 0.750 bits per heavy atom. The molecule has 0 bridgehead atoms. The van der Waals surface area contributed by atoms with Gasteiger partial charge in [-0.25, -0.2) is 0 Å². The van der Waals surface area contributed by atoms with Crippen molar-refractivity contribution in [3.8, 4) is 0 Å². The molecule has 64 heavy (non-hydrogen) atoms. The summed E-state index contributed by atoms with van der Waals surface area (Å²) in [5.41, 5.74) is 1.30. The molecule has 0 saturated heterocycles. The van der Waals surface area contributed by atoms with Gasteiger partial charge in [0.1, 0.15) is 12.2 Å². The molecule has 4 rings (SSSR count). The minimum Gasteiger partial charge on any atom is -0.550 e. The number of ether oxygens (including phenoxy) is 2. The molecule has 7 N–H and O–H groups in total. The molecule has 362 valence electrons. The maximum absolute atomic E-state index is 12.8. The number of carbonyl (C=O) groups excluding carboxylic acids is 3. The maximum atomic E-state index is 12.8. The number of esters is 2. The van der Waals surface area contributed by atoms with Crippen molar-refractivity contribution < 1.29 is 121 Å². The van der Waals surface area contributed by atoms with E-state index in [1.165, 1.54) is 0 Å². The van der Waals surface area contributed by atoms with Gasteiger partial charge >= 0.3 is 69.3 Å². The van der Waals surface area contributed by atoms with Gasteiger partial charge in [0.05, 0.1) is 54.4 Å². The van der Waals surface area contributed by atoms with E-state index in [1.54, 1.807) is 0 Å². The third kappa shape index (κ3) is 19.1. The first-order valence-corrected chi connectivity index (χ1v) is 22.3. The van der Waals surface area contributed by atoms with Crippen LogP contribution in [-0.4, -0.2) is 108 Å². The molecule has 0 saturated carbocycles. The van der Waals surface area contributed by atoms with Crippen molar-refractivity contribution in [2.24, 2.45) is 46.8 Å². The van der Waals surface area contributed by atoms with E-state index >= 15 is 0 Å². The second-order valence-electron chi connectivity index (χ2n) is 18.6. The zero-order valence-electron chi connectivity index (χ0n) is 38.1. The molecule has 14 nitrogen and oxygen atoms in total. The molecule has 4 aliphatic rings. The number of fused-ring (bicyclic) bond motifs is 2. The van der Waals surface area contributed by atoms with E-state index in [0.29, 0.717) is 51.4 Å². The van der Waals surface area contributed by atoms with Gasteiger partial charge in [-0.2, -0.15) is 0 Å². The molecule has 0 amide bonds. The van der Waals surface area contributed by atoms with Crippen LogP contribution in [0.1, 0.15) is 140 Å². The fourth-order valence-electron chi connectivity index (χ4n) is 9.04. The number of aliphatic hydroxyl groups excluding tert-OH is 6. The Labute approximate surface area is 425 Å². The zero-order valence-corrected chi connectivity index (χ0v) is 41.2. The summed E-state index contributed by atoms with van der Waals surface area (Å²) in [6, 6.07) is 0. The van der Waals surface area contributed by atoms with Gasteiger partial charge in [0.15, 0.2) is 0 Å². The molecule has 0 aromatic rings. The van der Waals surface area contributed by atoms with Crippen LogP contribution in [0.15, 0.2) is 47.6 Å². The van der Waals surface area contributed by atoms with E-state index in [2.05, 4.69) is 26.0 Å². The average molecular weight is 933 g/mol. The topological polar surface area (TPSA) is 251 Å². The third-order valence-corrected chi connectivity index (χ3v) is 13.3. The smallest absolute Gasteiger partial charge is 0.550 e. The van der Waals surface area contributed by atoms with Crippen LogP contribution in [0.2, 0.25) is 0 Å². The molecule has 0 aromatic heterocycles. The van der Waals surface area contributed by atoms with Crippen LogP contribution in [0.3, 0.4) is 0 Å². The van der Waals surface area contributed by atoms with Crippen molar-refractivity contribution in [3.63, 3.8) is 0 Å². The molecule has 0 aromatic carbocycles. The number of allylic oxidation sites excluding steroid dienone is 4. The standard InChI is InChI=1S/C24H38O7.C23H36O7.2CH4.K/c1-5-24(3,4)23(30)31-20-12-17(26)10-15-7-6-14(2)19(22(15)20)9-8-16(25)11-18(27)13-21(28)29;1-4-13(2)23(29)30-20-11-17(25)9-15-6-5-14(3)19(22(15)20)8-7-16(24)10-18(26)12-21(27)28;;;/h6-7,10,14,16-20,22,25-27H,5,8-9,11-13H2,1-4H3,(H,28,29);5-6,9,13-14,16-20,22,24-26H,4,7-8,10-12H2,1-3H3,(H,27,28);2*1H4;/q;;;;+1/p-1/t14-,16+,17-,18+,19-,20-,22-;13-,14-,16+,17-,18+,19-,20-,22-;;;/m00.../s1. The largest absolute Gasteiger partial charge is 1.00 e. The van der Waals surface area contributed by atoms with E-state index in [-0.39, 0.29) is 132 Å². The summed E-state index contributed by atoms with van der Waals surface area (Å²) in [4.78, 5) is 46.5. The van der Waals surface area contributed by atoms with E-state index in [0.717, 1.165) is 11.1 Å². The van der Waals surface area contributed by atoms with E-state index in [4.69, 9.17) is 14.6 Å². The monoisotopic (exact) mass is 933 g/mol. The minimum absolute atomic E-state index is 0. The van der Waals surface area contributed by atoms with Crippen molar-refractivity contribution in [1.82, 2.24) is 0 Å². The van der Waals surface area contributed by atoms with Gasteiger partial charge in [0, 0.05) is 37.1 Å². The van der Waals surface area contributed by atoms with E-state index in [9.17, 15) is 54.9 Å². The normalized spacial score (nSPS) is 29.3. The molecule has 0 unspecified atom stereocenters. The van der Waals surface area contributed by atoms with Crippen LogP contribution < -0.4 is 56.5 Å². The van der Waals surface area contributed by atoms with Crippen molar-refractivity contribution in [2.75, 3.05) is 0 Å². The van der Waals surface area contributed by atoms with Crippen LogP contribution in [0.4, 0.5) is 0 Å². The molecule has 0 fully saturated rings. The molecule has 15 atom stereocenters. The van der Waals surface area contributed by atoms with Gasteiger partial charge in [0.2, 0.25) is 0 Å². The maximum Gasteiger partial charge on any atom is 1.00 e. The Morgan fingerprint density at radius 3 is 1.56 bits per heavy atom. The van der Waals surface area contributed by atoms with Gasteiger partial charge in [-0.1, -0.05) is 85.9 Å². The average Bonchev–Trinajstić information content (AvgIpc) is 3.16. The van der Waals surface area contributed by atoms with Gasteiger partial charge in [-0.3, -0.25) is 14.4 Å². The number of hydrogen-bond acceptors (Lipinski definition) is 13. The molecule has 0 heterocycles. The summed E-state index contributed by atoms with van der Waals surface area (Å²) in [7, 11) is 0. The van der Waals surface area contributed by atoms with Gasteiger partial charge in [-0.05, 0) is 100 Å². The summed E-state index contributed by atoms with van der Waals surface area (Å²) in [6.45, 7) is 13.6. The summed E-state index contributed by atoms with van der Waals surface area (Å²) < 4.78 is 11.8.